The van der Waals surface area contributed by atoms with Crippen LogP contribution in [0.1, 0.15) is 28.1 Å². The van der Waals surface area contributed by atoms with Crippen molar-refractivity contribution in [3.63, 3.8) is 0 Å². The molecule has 1 aliphatic rings. The highest BCUT2D eigenvalue weighted by molar-refractivity contribution is 8.18. The molecule has 4 rings (SSSR count). The molecule has 0 radical (unpaired) electrons. The summed E-state index contributed by atoms with van der Waals surface area (Å²) in [7, 11) is 0. The molecular formula is C24H21Cl2N3OS. The zero-order valence-electron chi connectivity index (χ0n) is 17.6. The van der Waals surface area contributed by atoms with Gasteiger partial charge in [0.1, 0.15) is 0 Å². The molecule has 2 heterocycles. The van der Waals surface area contributed by atoms with Gasteiger partial charge in [-0.15, -0.1) is 0 Å². The third kappa shape index (κ3) is 4.59. The number of hydrogen-bond donors (Lipinski definition) is 1. The average molecular weight is 470 g/mol. The van der Waals surface area contributed by atoms with Crippen LogP contribution >= 0.6 is 35.0 Å². The minimum Gasteiger partial charge on any atom is -0.318 e. The van der Waals surface area contributed by atoms with Crippen LogP contribution < -0.4 is 5.32 Å². The molecule has 2 aromatic carbocycles. The van der Waals surface area contributed by atoms with Crippen LogP contribution in [0.25, 0.3) is 11.8 Å². The molecule has 0 saturated carbocycles. The monoisotopic (exact) mass is 469 g/mol. The van der Waals surface area contributed by atoms with E-state index in [0.717, 1.165) is 39.5 Å². The van der Waals surface area contributed by atoms with E-state index in [1.165, 1.54) is 11.8 Å². The molecule has 3 aromatic rings. The van der Waals surface area contributed by atoms with Crippen LogP contribution in [-0.4, -0.2) is 15.6 Å². The van der Waals surface area contributed by atoms with Crippen LogP contribution in [0.5, 0.6) is 0 Å². The zero-order valence-corrected chi connectivity index (χ0v) is 19.9. The molecule has 31 heavy (non-hydrogen) atoms. The normalized spacial score (nSPS) is 16.4. The van der Waals surface area contributed by atoms with E-state index in [9.17, 15) is 4.79 Å². The van der Waals surface area contributed by atoms with E-state index in [-0.39, 0.29) is 5.91 Å². The number of halogens is 2. The van der Waals surface area contributed by atoms with Gasteiger partial charge in [0.2, 0.25) is 0 Å². The molecule has 4 nitrogen and oxygen atoms in total. The summed E-state index contributed by atoms with van der Waals surface area (Å²) >= 11 is 13.6. The number of carbonyl (C=O) groups is 1. The number of thioether (sulfide) groups is 1. The summed E-state index contributed by atoms with van der Waals surface area (Å²) in [6.07, 6.45) is 1.90. The van der Waals surface area contributed by atoms with Gasteiger partial charge in [0.05, 0.1) is 20.6 Å². The predicted molar refractivity (Wildman–Crippen MR) is 132 cm³/mol. The molecule has 1 amide bonds. The fourth-order valence-electron chi connectivity index (χ4n) is 3.71. The lowest BCUT2D eigenvalue weighted by Gasteiger charge is -2.10. The number of aromatic nitrogens is 1. The van der Waals surface area contributed by atoms with Gasteiger partial charge in [-0.1, -0.05) is 29.3 Å². The quantitative estimate of drug-likeness (QED) is 0.423. The number of amidine groups is 1. The summed E-state index contributed by atoms with van der Waals surface area (Å²) in [6, 6.07) is 13.7. The molecular weight excluding hydrogens is 449 g/mol. The predicted octanol–water partition coefficient (Wildman–Crippen LogP) is 6.91. The Bertz CT molecular complexity index is 1250. The van der Waals surface area contributed by atoms with E-state index in [0.29, 0.717) is 20.1 Å². The minimum absolute atomic E-state index is 0.146. The molecule has 0 atom stereocenters. The van der Waals surface area contributed by atoms with Crippen molar-refractivity contribution in [1.82, 2.24) is 9.88 Å². The second-order valence-electron chi connectivity index (χ2n) is 7.59. The van der Waals surface area contributed by atoms with Gasteiger partial charge in [0, 0.05) is 17.1 Å². The number of rotatable bonds is 3. The van der Waals surface area contributed by atoms with E-state index >= 15 is 0 Å². The Morgan fingerprint density at radius 1 is 0.968 bits per heavy atom. The lowest BCUT2D eigenvalue weighted by atomic mass is 10.1. The van der Waals surface area contributed by atoms with Crippen LogP contribution in [0.4, 0.5) is 5.69 Å². The van der Waals surface area contributed by atoms with Crippen molar-refractivity contribution in [3.05, 3.63) is 85.5 Å². The van der Waals surface area contributed by atoms with E-state index < -0.39 is 0 Å². The average Bonchev–Trinajstić information content (AvgIpc) is 3.15. The summed E-state index contributed by atoms with van der Waals surface area (Å²) in [6.45, 7) is 8.11. The second-order valence-corrected chi connectivity index (χ2v) is 9.43. The number of benzene rings is 2. The standard InChI is InChI=1S/C24H21Cl2N3OS/c1-13-7-14(2)9-18(8-13)27-24-28-23(30)22(31-24)11-17-10-15(3)29(16(17)4)19-5-6-20(25)21(26)12-19/h5-12H,1-4H3,(H,27,28,30)/b22-11-. The van der Waals surface area contributed by atoms with Crippen LogP contribution in [0.2, 0.25) is 10.0 Å². The Balaban J connectivity index is 1.65. The van der Waals surface area contributed by atoms with Gasteiger partial charge < -0.3 is 9.88 Å². The molecule has 158 valence electrons. The first-order valence-electron chi connectivity index (χ1n) is 9.73. The van der Waals surface area contributed by atoms with E-state index in [1.807, 2.05) is 58.0 Å². The van der Waals surface area contributed by atoms with Crippen LogP contribution in [-0.2, 0) is 4.79 Å². The highest BCUT2D eigenvalue weighted by Crippen LogP contribution is 2.32. The molecule has 0 bridgehead atoms. The van der Waals surface area contributed by atoms with Crippen molar-refractivity contribution < 1.29 is 4.79 Å². The van der Waals surface area contributed by atoms with Gasteiger partial charge in [-0.05, 0) is 98.6 Å². The number of nitrogens with one attached hydrogen (secondary N) is 1. The molecule has 0 unspecified atom stereocenters. The van der Waals surface area contributed by atoms with Crippen LogP contribution in [0, 0.1) is 27.7 Å². The largest absolute Gasteiger partial charge is 0.318 e. The molecule has 1 saturated heterocycles. The molecule has 0 aliphatic carbocycles. The third-order valence-corrected chi connectivity index (χ3v) is 6.66. The molecule has 1 N–H and O–H groups in total. The minimum atomic E-state index is -0.146. The van der Waals surface area contributed by atoms with Crippen molar-refractivity contribution in [1.29, 1.82) is 0 Å². The number of aryl methyl sites for hydroxylation is 3. The molecule has 1 aromatic heterocycles. The number of carbonyl (C=O) groups excluding carboxylic acids is 1. The summed E-state index contributed by atoms with van der Waals surface area (Å²) in [5.41, 5.74) is 7.05. The number of hydrogen-bond acceptors (Lipinski definition) is 3. The van der Waals surface area contributed by atoms with Crippen molar-refractivity contribution in [3.8, 4) is 5.69 Å². The summed E-state index contributed by atoms with van der Waals surface area (Å²) in [5.74, 6) is -0.146. The Labute approximate surface area is 196 Å². The first kappa shape index (κ1) is 21.8. The van der Waals surface area contributed by atoms with Crippen molar-refractivity contribution >= 4 is 57.8 Å². The van der Waals surface area contributed by atoms with Crippen LogP contribution in [0.3, 0.4) is 0 Å². The van der Waals surface area contributed by atoms with Gasteiger partial charge in [-0.25, -0.2) is 4.99 Å². The van der Waals surface area contributed by atoms with Gasteiger partial charge in [0.15, 0.2) is 5.17 Å². The zero-order chi connectivity index (χ0) is 22.3. The van der Waals surface area contributed by atoms with E-state index in [1.54, 1.807) is 6.07 Å². The highest BCUT2D eigenvalue weighted by Gasteiger charge is 2.24. The molecule has 1 aliphatic heterocycles. The van der Waals surface area contributed by atoms with Gasteiger partial charge >= 0.3 is 0 Å². The van der Waals surface area contributed by atoms with Crippen molar-refractivity contribution in [2.75, 3.05) is 0 Å². The van der Waals surface area contributed by atoms with Gasteiger partial charge in [-0.2, -0.15) is 0 Å². The summed E-state index contributed by atoms with van der Waals surface area (Å²) in [5, 5.41) is 4.47. The molecule has 1 fully saturated rings. The first-order chi connectivity index (χ1) is 14.7. The maximum absolute atomic E-state index is 12.5. The Morgan fingerprint density at radius 2 is 1.68 bits per heavy atom. The Hall–Kier alpha value is -2.47. The van der Waals surface area contributed by atoms with E-state index in [4.69, 9.17) is 23.2 Å². The van der Waals surface area contributed by atoms with Crippen LogP contribution in [0.15, 0.2) is 52.4 Å². The lowest BCUT2D eigenvalue weighted by Crippen LogP contribution is -2.19. The molecule has 7 heteroatoms. The number of amides is 1. The maximum Gasteiger partial charge on any atom is 0.264 e. The van der Waals surface area contributed by atoms with E-state index in [2.05, 4.69) is 27.0 Å². The summed E-state index contributed by atoms with van der Waals surface area (Å²) in [4.78, 5) is 17.8. The summed E-state index contributed by atoms with van der Waals surface area (Å²) < 4.78 is 2.09. The number of aliphatic imine (C=N–C) groups is 1. The second kappa shape index (κ2) is 8.58. The van der Waals surface area contributed by atoms with Gasteiger partial charge in [-0.3, -0.25) is 4.79 Å². The van der Waals surface area contributed by atoms with Crippen molar-refractivity contribution in [2.45, 2.75) is 27.7 Å². The smallest absolute Gasteiger partial charge is 0.264 e. The maximum atomic E-state index is 12.5. The fourth-order valence-corrected chi connectivity index (χ4v) is 4.83. The van der Waals surface area contributed by atoms with Crippen molar-refractivity contribution in [2.24, 2.45) is 4.99 Å². The first-order valence-corrected chi connectivity index (χ1v) is 11.3. The molecule has 0 spiro atoms. The SMILES string of the molecule is Cc1cc(C)cc(N=C2NC(=O)/C(=C/c3cc(C)n(-c4ccc(Cl)c(Cl)c4)c3C)S2)c1. The Kier molecular flexibility index (Phi) is 6.02. The topological polar surface area (TPSA) is 46.4 Å². The third-order valence-electron chi connectivity index (χ3n) is 5.01. The lowest BCUT2D eigenvalue weighted by molar-refractivity contribution is -0.115. The number of nitrogens with zero attached hydrogens (tertiary/aromatic N) is 2. The fraction of sp³-hybridized carbons (Fsp3) is 0.167. The van der Waals surface area contributed by atoms with Gasteiger partial charge in [0.25, 0.3) is 5.91 Å². The Morgan fingerprint density at radius 3 is 2.35 bits per heavy atom. The highest BCUT2D eigenvalue weighted by atomic mass is 35.5.